The SMILES string of the molecule is CC(=O)N[C@H](C)CCN(c1cc(NC(=O)OC(C)(C)C(F)(F)F)ccc1O)S(=O)(=O)c1ccc(F)c(Cl)c1. The van der Waals surface area contributed by atoms with Crippen LogP contribution in [0.2, 0.25) is 5.02 Å². The van der Waals surface area contributed by atoms with Gasteiger partial charge in [0.25, 0.3) is 10.0 Å². The third kappa shape index (κ3) is 7.63. The van der Waals surface area contributed by atoms with E-state index in [-0.39, 0.29) is 30.2 Å². The predicted octanol–water partition coefficient (Wildman–Crippen LogP) is 5.18. The molecule has 1 atom stereocenters. The molecule has 0 aromatic heterocycles. The zero-order valence-electron chi connectivity index (χ0n) is 20.7. The largest absolute Gasteiger partial charge is 0.506 e. The third-order valence-electron chi connectivity index (χ3n) is 5.21. The first-order valence-corrected chi connectivity index (χ1v) is 12.8. The van der Waals surface area contributed by atoms with Crippen LogP contribution in [0.15, 0.2) is 41.3 Å². The lowest BCUT2D eigenvalue weighted by molar-refractivity contribution is -0.242. The van der Waals surface area contributed by atoms with Crippen LogP contribution >= 0.6 is 11.6 Å². The molecule has 0 aliphatic rings. The Morgan fingerprint density at radius 1 is 1.16 bits per heavy atom. The number of carbonyl (C=O) groups is 2. The summed E-state index contributed by atoms with van der Waals surface area (Å²) >= 11 is 5.76. The number of sulfonamides is 1. The van der Waals surface area contributed by atoms with Gasteiger partial charge in [0, 0.05) is 25.2 Å². The Balaban J connectivity index is 2.48. The number of rotatable bonds is 9. The van der Waals surface area contributed by atoms with Gasteiger partial charge in [-0.1, -0.05) is 11.6 Å². The summed E-state index contributed by atoms with van der Waals surface area (Å²) < 4.78 is 85.1. The Hall–Kier alpha value is -3.26. The number of nitrogens with one attached hydrogen (secondary N) is 2. The summed E-state index contributed by atoms with van der Waals surface area (Å²) in [5, 5.41) is 14.7. The summed E-state index contributed by atoms with van der Waals surface area (Å²) in [6, 6.07) is 5.28. The lowest BCUT2D eigenvalue weighted by Gasteiger charge is -2.28. The van der Waals surface area contributed by atoms with Crippen molar-refractivity contribution < 1.29 is 45.4 Å². The number of aromatic hydroxyl groups is 1. The molecule has 210 valence electrons. The fraction of sp³-hybridized carbons (Fsp3) is 0.391. The van der Waals surface area contributed by atoms with Crippen LogP contribution in [-0.2, 0) is 19.6 Å². The summed E-state index contributed by atoms with van der Waals surface area (Å²) in [6.45, 7) is 3.85. The second-order valence-electron chi connectivity index (χ2n) is 8.77. The van der Waals surface area contributed by atoms with E-state index in [2.05, 4.69) is 15.4 Å². The molecule has 0 bridgehead atoms. The van der Waals surface area contributed by atoms with Gasteiger partial charge in [0.2, 0.25) is 11.5 Å². The van der Waals surface area contributed by atoms with Gasteiger partial charge in [-0.05, 0) is 63.6 Å². The van der Waals surface area contributed by atoms with Crippen LogP contribution in [0.25, 0.3) is 0 Å². The van der Waals surface area contributed by atoms with Crippen LogP contribution in [0, 0.1) is 5.82 Å². The van der Waals surface area contributed by atoms with E-state index >= 15 is 0 Å². The smallest absolute Gasteiger partial charge is 0.427 e. The maximum absolute atomic E-state index is 13.7. The summed E-state index contributed by atoms with van der Waals surface area (Å²) in [4.78, 5) is 23.1. The molecule has 3 N–H and O–H groups in total. The zero-order valence-corrected chi connectivity index (χ0v) is 22.3. The zero-order chi connectivity index (χ0) is 29.1. The van der Waals surface area contributed by atoms with E-state index in [1.54, 1.807) is 6.92 Å². The standard InChI is InChI=1S/C23H26ClF4N3O6S/c1-13(29-14(2)32)9-10-31(38(35,36)16-6-7-18(25)17(24)12-16)19-11-15(5-8-20(19)33)30-21(34)37-22(3,4)23(26,27)28/h5-8,11-13,33H,9-10H2,1-4H3,(H,29,32)(H,30,34)/t13-/m1/s1. The van der Waals surface area contributed by atoms with Gasteiger partial charge in [-0.15, -0.1) is 0 Å². The van der Waals surface area contributed by atoms with Gasteiger partial charge in [-0.2, -0.15) is 13.2 Å². The Labute approximate surface area is 221 Å². The van der Waals surface area contributed by atoms with Gasteiger partial charge in [-0.3, -0.25) is 14.4 Å². The van der Waals surface area contributed by atoms with E-state index in [0.29, 0.717) is 13.8 Å². The lowest BCUT2D eigenvalue weighted by Crippen LogP contribution is -2.44. The Bertz CT molecular complexity index is 1300. The highest BCUT2D eigenvalue weighted by molar-refractivity contribution is 7.92. The van der Waals surface area contributed by atoms with Crippen LogP contribution in [0.3, 0.4) is 0 Å². The van der Waals surface area contributed by atoms with Crippen LogP contribution < -0.4 is 14.9 Å². The van der Waals surface area contributed by atoms with Gasteiger partial charge in [0.1, 0.15) is 11.6 Å². The number of nitrogens with zero attached hydrogens (tertiary/aromatic N) is 1. The molecule has 0 fully saturated rings. The highest BCUT2D eigenvalue weighted by Gasteiger charge is 2.51. The van der Waals surface area contributed by atoms with Gasteiger partial charge < -0.3 is 15.2 Å². The van der Waals surface area contributed by atoms with Crippen molar-refractivity contribution >= 4 is 45.0 Å². The van der Waals surface area contributed by atoms with E-state index < -0.39 is 55.4 Å². The average Bonchev–Trinajstić information content (AvgIpc) is 2.75. The molecule has 0 spiro atoms. The fourth-order valence-electron chi connectivity index (χ4n) is 3.10. The third-order valence-corrected chi connectivity index (χ3v) is 7.31. The number of phenolic OH excluding ortho intramolecular Hbond substituents is 1. The molecule has 0 aliphatic carbocycles. The number of alkyl halides is 3. The first-order valence-electron chi connectivity index (χ1n) is 11.0. The molecule has 0 saturated heterocycles. The number of hydrogen-bond donors (Lipinski definition) is 3. The van der Waals surface area contributed by atoms with E-state index in [1.165, 1.54) is 6.92 Å². The van der Waals surface area contributed by atoms with Crippen molar-refractivity contribution in [3.05, 3.63) is 47.2 Å². The molecule has 0 heterocycles. The summed E-state index contributed by atoms with van der Waals surface area (Å²) in [7, 11) is -4.52. The molecular formula is C23H26ClF4N3O6S. The van der Waals surface area contributed by atoms with Crippen molar-refractivity contribution in [3.63, 3.8) is 0 Å². The van der Waals surface area contributed by atoms with Crippen molar-refractivity contribution in [1.29, 1.82) is 0 Å². The maximum Gasteiger partial charge on any atom is 0.427 e. The second-order valence-corrected chi connectivity index (χ2v) is 11.0. The lowest BCUT2D eigenvalue weighted by atomic mass is 10.1. The molecule has 2 aromatic carbocycles. The Morgan fingerprint density at radius 2 is 1.79 bits per heavy atom. The molecule has 0 saturated carbocycles. The summed E-state index contributed by atoms with van der Waals surface area (Å²) in [6.07, 6.45) is -6.30. The van der Waals surface area contributed by atoms with E-state index in [1.807, 2.05) is 0 Å². The van der Waals surface area contributed by atoms with Gasteiger partial charge in [-0.25, -0.2) is 17.6 Å². The molecule has 15 heteroatoms. The van der Waals surface area contributed by atoms with Crippen molar-refractivity contribution in [3.8, 4) is 5.75 Å². The van der Waals surface area contributed by atoms with E-state index in [0.717, 1.165) is 40.7 Å². The molecule has 2 aromatic rings. The average molecular weight is 584 g/mol. The number of anilines is 2. The van der Waals surface area contributed by atoms with Crippen LogP contribution in [0.5, 0.6) is 5.75 Å². The van der Waals surface area contributed by atoms with Crippen LogP contribution in [0.4, 0.5) is 33.7 Å². The minimum absolute atomic E-state index is 0.0483. The summed E-state index contributed by atoms with van der Waals surface area (Å²) in [5.41, 5.74) is -3.39. The van der Waals surface area contributed by atoms with E-state index in [4.69, 9.17) is 11.6 Å². The Morgan fingerprint density at radius 3 is 2.34 bits per heavy atom. The first-order chi connectivity index (χ1) is 17.3. The number of benzene rings is 2. The number of hydrogen-bond acceptors (Lipinski definition) is 6. The van der Waals surface area contributed by atoms with Gasteiger partial charge >= 0.3 is 12.3 Å². The quantitative estimate of drug-likeness (QED) is 0.276. The van der Waals surface area contributed by atoms with Crippen molar-refractivity contribution in [2.24, 2.45) is 0 Å². The predicted molar refractivity (Wildman–Crippen MR) is 132 cm³/mol. The first kappa shape index (κ1) is 31.0. The molecule has 2 rings (SSSR count). The number of phenols is 1. The van der Waals surface area contributed by atoms with Gasteiger partial charge in [0.05, 0.1) is 15.6 Å². The molecule has 0 unspecified atom stereocenters. The minimum atomic E-state index is -4.86. The fourth-order valence-corrected chi connectivity index (χ4v) is 4.86. The molecule has 2 amide bonds. The summed E-state index contributed by atoms with van der Waals surface area (Å²) in [5.74, 6) is -1.80. The molecule has 0 aliphatic heterocycles. The Kier molecular flexibility index (Phi) is 9.48. The van der Waals surface area contributed by atoms with Crippen molar-refractivity contribution in [1.82, 2.24) is 5.32 Å². The molecule has 38 heavy (non-hydrogen) atoms. The number of ether oxygens (including phenoxy) is 1. The van der Waals surface area contributed by atoms with E-state index in [9.17, 15) is 40.7 Å². The molecule has 9 nitrogen and oxygen atoms in total. The van der Waals surface area contributed by atoms with Gasteiger partial charge in [0.15, 0.2) is 0 Å². The number of amides is 2. The minimum Gasteiger partial charge on any atom is -0.506 e. The van der Waals surface area contributed by atoms with Crippen molar-refractivity contribution in [2.75, 3.05) is 16.2 Å². The highest BCUT2D eigenvalue weighted by atomic mass is 35.5. The van der Waals surface area contributed by atoms with Crippen LogP contribution in [-0.4, -0.2) is 49.9 Å². The monoisotopic (exact) mass is 583 g/mol. The number of halogens is 5. The topological polar surface area (TPSA) is 125 Å². The second kappa shape index (κ2) is 11.6. The van der Waals surface area contributed by atoms with Crippen LogP contribution in [0.1, 0.15) is 34.1 Å². The molecule has 0 radical (unpaired) electrons. The normalized spacial score (nSPS) is 13.0. The highest BCUT2D eigenvalue weighted by Crippen LogP contribution is 2.36. The molecular weight excluding hydrogens is 558 g/mol. The maximum atomic E-state index is 13.7. The number of carbonyl (C=O) groups excluding carboxylic acids is 2. The van der Waals surface area contributed by atoms with Crippen molar-refractivity contribution in [2.45, 2.75) is 56.8 Å².